The number of hydrogen-bond acceptors (Lipinski definition) is 2. The highest BCUT2D eigenvalue weighted by molar-refractivity contribution is 6.30. The molecule has 160 valence electrons. The summed E-state index contributed by atoms with van der Waals surface area (Å²) in [4.78, 5) is 2.40. The van der Waals surface area contributed by atoms with Gasteiger partial charge in [-0.25, -0.2) is 0 Å². The Hall–Kier alpha value is -1.98. The highest BCUT2D eigenvalue weighted by Gasteiger charge is 2.44. The van der Waals surface area contributed by atoms with E-state index in [-0.39, 0.29) is 11.0 Å². The molecule has 2 aromatic carbocycles. The molecule has 0 amide bonds. The first kappa shape index (κ1) is 21.3. The number of anilines is 1. The summed E-state index contributed by atoms with van der Waals surface area (Å²) in [5.74, 6) is 0. The van der Waals surface area contributed by atoms with E-state index in [2.05, 4.69) is 16.8 Å². The number of likely N-dealkylation sites (tertiary alicyclic amines) is 1. The normalized spacial score (nSPS) is 18.5. The average molecular weight is 435 g/mol. The average Bonchev–Trinajstić information content (AvgIpc) is 2.95. The molecule has 2 aliphatic heterocycles. The lowest BCUT2D eigenvalue weighted by atomic mass is 9.72. The van der Waals surface area contributed by atoms with Crippen LogP contribution in [-0.2, 0) is 18.0 Å². The van der Waals surface area contributed by atoms with E-state index in [4.69, 9.17) is 11.6 Å². The Morgan fingerprint density at radius 1 is 1.13 bits per heavy atom. The second-order valence-corrected chi connectivity index (χ2v) is 8.90. The van der Waals surface area contributed by atoms with Crippen LogP contribution in [-0.4, -0.2) is 24.5 Å². The summed E-state index contributed by atoms with van der Waals surface area (Å²) in [5.41, 5.74) is 3.80. The van der Waals surface area contributed by atoms with Gasteiger partial charge >= 0.3 is 6.18 Å². The van der Waals surface area contributed by atoms with Gasteiger partial charge in [0.15, 0.2) is 0 Å². The lowest BCUT2D eigenvalue weighted by molar-refractivity contribution is -0.138. The number of hydrogen-bond donors (Lipinski definition) is 1. The van der Waals surface area contributed by atoms with Crippen LogP contribution in [0.4, 0.5) is 18.9 Å². The molecule has 2 nitrogen and oxygen atoms in total. The highest BCUT2D eigenvalue weighted by atomic mass is 35.5. The molecule has 2 heterocycles. The number of fused-ring (bicyclic) bond motifs is 2. The van der Waals surface area contributed by atoms with Gasteiger partial charge in [-0.1, -0.05) is 30.3 Å². The fraction of sp³-hybridized carbons (Fsp3) is 0.417. The van der Waals surface area contributed by atoms with Crippen LogP contribution in [0, 0.1) is 6.92 Å². The van der Waals surface area contributed by atoms with E-state index in [9.17, 15) is 13.2 Å². The molecule has 30 heavy (non-hydrogen) atoms. The van der Waals surface area contributed by atoms with Gasteiger partial charge < -0.3 is 10.2 Å². The third-order valence-corrected chi connectivity index (χ3v) is 6.85. The first-order chi connectivity index (χ1) is 14.2. The standard InChI is InChI=1S/C24H26ClF3N2/c1-16-5-6-18(14-20(16)24(26,27)28)4-3-11-30-12-9-23(10-13-30)17(2)29-22-8-7-19(25)15-21(22)23/h5-8,14-15,29H,2-4,9-13H2,1H3. The van der Waals surface area contributed by atoms with Crippen LogP contribution in [0.2, 0.25) is 5.02 Å². The third-order valence-electron chi connectivity index (χ3n) is 6.62. The van der Waals surface area contributed by atoms with Crippen molar-refractivity contribution >= 4 is 17.3 Å². The number of rotatable bonds is 4. The molecule has 0 aromatic heterocycles. The monoisotopic (exact) mass is 434 g/mol. The van der Waals surface area contributed by atoms with Gasteiger partial charge in [0.1, 0.15) is 0 Å². The summed E-state index contributed by atoms with van der Waals surface area (Å²) in [5, 5.41) is 4.16. The summed E-state index contributed by atoms with van der Waals surface area (Å²) in [6.07, 6.45) is -0.866. The molecule has 2 aromatic rings. The van der Waals surface area contributed by atoms with Gasteiger partial charge in [0.25, 0.3) is 0 Å². The number of alkyl halides is 3. The van der Waals surface area contributed by atoms with Crippen LogP contribution in [0.5, 0.6) is 0 Å². The zero-order valence-electron chi connectivity index (χ0n) is 17.1. The minimum absolute atomic E-state index is 0.0741. The Morgan fingerprint density at radius 2 is 1.87 bits per heavy atom. The van der Waals surface area contributed by atoms with Gasteiger partial charge in [-0.3, -0.25) is 0 Å². The summed E-state index contributed by atoms with van der Waals surface area (Å²) < 4.78 is 39.4. The molecule has 1 N–H and O–H groups in total. The lowest BCUT2D eigenvalue weighted by Crippen LogP contribution is -2.43. The molecule has 0 radical (unpaired) electrons. The predicted molar refractivity (Wildman–Crippen MR) is 116 cm³/mol. The number of allylic oxidation sites excluding steroid dienone is 1. The van der Waals surface area contributed by atoms with Crippen molar-refractivity contribution < 1.29 is 13.2 Å². The van der Waals surface area contributed by atoms with Gasteiger partial charge in [-0.05, 0) is 93.2 Å². The van der Waals surface area contributed by atoms with E-state index in [0.29, 0.717) is 6.42 Å². The number of halogens is 4. The molecule has 0 unspecified atom stereocenters. The number of benzene rings is 2. The fourth-order valence-electron chi connectivity index (χ4n) is 4.83. The number of aryl methyl sites for hydroxylation is 2. The van der Waals surface area contributed by atoms with Crippen molar-refractivity contribution in [1.82, 2.24) is 4.90 Å². The van der Waals surface area contributed by atoms with E-state index >= 15 is 0 Å². The first-order valence-electron chi connectivity index (χ1n) is 10.3. The number of nitrogens with zero attached hydrogens (tertiary/aromatic N) is 1. The van der Waals surface area contributed by atoms with Gasteiger partial charge in [0.2, 0.25) is 0 Å². The summed E-state index contributed by atoms with van der Waals surface area (Å²) >= 11 is 6.24. The smallest absolute Gasteiger partial charge is 0.358 e. The summed E-state index contributed by atoms with van der Waals surface area (Å²) in [6, 6.07) is 10.6. The molecule has 1 spiro atoms. The van der Waals surface area contributed by atoms with Crippen LogP contribution >= 0.6 is 11.6 Å². The Labute approximate surface area is 180 Å². The van der Waals surface area contributed by atoms with Crippen LogP contribution in [0.3, 0.4) is 0 Å². The van der Waals surface area contributed by atoms with Gasteiger partial charge in [0, 0.05) is 21.8 Å². The highest BCUT2D eigenvalue weighted by Crippen LogP contribution is 2.50. The van der Waals surface area contributed by atoms with Crippen molar-refractivity contribution in [3.63, 3.8) is 0 Å². The molecule has 1 fully saturated rings. The Kier molecular flexibility index (Phi) is 5.62. The van der Waals surface area contributed by atoms with Crippen LogP contribution in [0.1, 0.15) is 41.5 Å². The van der Waals surface area contributed by atoms with Crippen molar-refractivity contribution in [1.29, 1.82) is 0 Å². The molecule has 0 saturated carbocycles. The molecular weight excluding hydrogens is 409 g/mol. The Bertz CT molecular complexity index is 959. The molecular formula is C24H26ClF3N2. The van der Waals surface area contributed by atoms with Gasteiger partial charge in [-0.2, -0.15) is 13.2 Å². The summed E-state index contributed by atoms with van der Waals surface area (Å²) in [7, 11) is 0. The van der Waals surface area contributed by atoms with E-state index in [1.54, 1.807) is 6.07 Å². The van der Waals surface area contributed by atoms with Crippen molar-refractivity contribution in [2.24, 2.45) is 0 Å². The van der Waals surface area contributed by atoms with Gasteiger partial charge in [0.05, 0.1) is 5.56 Å². The fourth-order valence-corrected chi connectivity index (χ4v) is 5.00. The van der Waals surface area contributed by atoms with Gasteiger partial charge in [-0.15, -0.1) is 0 Å². The van der Waals surface area contributed by atoms with E-state index < -0.39 is 11.7 Å². The van der Waals surface area contributed by atoms with Crippen molar-refractivity contribution in [3.8, 4) is 0 Å². The molecule has 6 heteroatoms. The minimum atomic E-state index is -4.29. The molecule has 2 aliphatic rings. The zero-order valence-corrected chi connectivity index (χ0v) is 17.8. The molecule has 0 aliphatic carbocycles. The summed E-state index contributed by atoms with van der Waals surface area (Å²) in [6.45, 7) is 8.54. The van der Waals surface area contributed by atoms with Crippen molar-refractivity contribution in [2.75, 3.05) is 25.0 Å². The second kappa shape index (κ2) is 7.93. The van der Waals surface area contributed by atoms with E-state index in [1.165, 1.54) is 18.6 Å². The number of piperidine rings is 1. The first-order valence-corrected chi connectivity index (χ1v) is 10.7. The molecule has 1 saturated heterocycles. The maximum atomic E-state index is 13.1. The minimum Gasteiger partial charge on any atom is -0.358 e. The number of nitrogens with one attached hydrogen (secondary N) is 1. The van der Waals surface area contributed by atoms with E-state index in [0.717, 1.165) is 60.9 Å². The lowest BCUT2D eigenvalue weighted by Gasteiger charge is -2.40. The van der Waals surface area contributed by atoms with Crippen LogP contribution < -0.4 is 5.32 Å². The Balaban J connectivity index is 1.35. The Morgan fingerprint density at radius 3 is 2.57 bits per heavy atom. The SMILES string of the molecule is C=C1Nc2ccc(Cl)cc2C12CCN(CCCc1ccc(C)c(C(F)(F)F)c1)CC2. The van der Waals surface area contributed by atoms with Crippen LogP contribution in [0.25, 0.3) is 0 Å². The maximum absolute atomic E-state index is 13.1. The van der Waals surface area contributed by atoms with Crippen molar-refractivity contribution in [3.05, 3.63) is 76.0 Å². The largest absolute Gasteiger partial charge is 0.416 e. The molecule has 0 atom stereocenters. The zero-order chi connectivity index (χ0) is 21.5. The van der Waals surface area contributed by atoms with Crippen molar-refractivity contribution in [2.45, 2.75) is 44.2 Å². The van der Waals surface area contributed by atoms with Crippen LogP contribution in [0.15, 0.2) is 48.7 Å². The second-order valence-electron chi connectivity index (χ2n) is 8.47. The maximum Gasteiger partial charge on any atom is 0.416 e. The molecule has 4 rings (SSSR count). The van der Waals surface area contributed by atoms with E-state index in [1.807, 2.05) is 24.3 Å². The topological polar surface area (TPSA) is 15.3 Å². The third kappa shape index (κ3) is 3.97. The quantitative estimate of drug-likeness (QED) is 0.585. The predicted octanol–water partition coefficient (Wildman–Crippen LogP) is 6.57. The molecule has 0 bridgehead atoms.